The van der Waals surface area contributed by atoms with Crippen LogP contribution in [0.2, 0.25) is 0 Å². The number of hydrogen-bond donors (Lipinski definition) is 0. The summed E-state index contributed by atoms with van der Waals surface area (Å²) >= 11 is 0. The van der Waals surface area contributed by atoms with E-state index in [0.29, 0.717) is 22.6 Å². The highest BCUT2D eigenvalue weighted by Gasteiger charge is 2.34. The van der Waals surface area contributed by atoms with Crippen molar-refractivity contribution in [3.8, 4) is 23.4 Å². The second kappa shape index (κ2) is 8.66. The SMILES string of the molecule is COc1c(C#N)ccc(OCC(F)(F)F)c1C(=O)N1Cc2cn(-c3ncc(F)cc3C)nc2C1. The van der Waals surface area contributed by atoms with Crippen LogP contribution in [0.4, 0.5) is 17.6 Å². The lowest BCUT2D eigenvalue weighted by atomic mass is 10.1. The summed E-state index contributed by atoms with van der Waals surface area (Å²) in [6, 6.07) is 5.54. The number of alkyl halides is 3. The zero-order valence-corrected chi connectivity index (χ0v) is 18.0. The summed E-state index contributed by atoms with van der Waals surface area (Å²) in [7, 11) is 1.21. The van der Waals surface area contributed by atoms with E-state index in [1.807, 2.05) is 6.07 Å². The monoisotopic (exact) mass is 475 g/mol. The average molecular weight is 475 g/mol. The predicted octanol–water partition coefficient (Wildman–Crippen LogP) is 3.69. The summed E-state index contributed by atoms with van der Waals surface area (Å²) in [6.07, 6.45) is -1.90. The van der Waals surface area contributed by atoms with Gasteiger partial charge in [0.05, 0.1) is 31.1 Å². The van der Waals surface area contributed by atoms with Gasteiger partial charge in [-0.1, -0.05) is 0 Å². The number of nitriles is 1. The first-order valence-electron chi connectivity index (χ1n) is 9.91. The zero-order valence-electron chi connectivity index (χ0n) is 18.0. The number of aryl methyl sites for hydroxylation is 1. The molecular formula is C22H17F4N5O3. The molecule has 2 aromatic heterocycles. The van der Waals surface area contributed by atoms with Gasteiger partial charge in [0.2, 0.25) is 0 Å². The summed E-state index contributed by atoms with van der Waals surface area (Å²) in [4.78, 5) is 18.7. The number of methoxy groups -OCH3 is 1. The number of fused-ring (bicyclic) bond motifs is 1. The zero-order chi connectivity index (χ0) is 24.6. The van der Waals surface area contributed by atoms with Crippen molar-refractivity contribution < 1.29 is 31.8 Å². The van der Waals surface area contributed by atoms with Crippen LogP contribution in [0.15, 0.2) is 30.6 Å². The molecule has 34 heavy (non-hydrogen) atoms. The predicted molar refractivity (Wildman–Crippen MR) is 109 cm³/mol. The third-order valence-corrected chi connectivity index (χ3v) is 5.15. The van der Waals surface area contributed by atoms with Crippen LogP contribution >= 0.6 is 0 Å². The smallest absolute Gasteiger partial charge is 0.422 e. The number of aromatic nitrogens is 3. The van der Waals surface area contributed by atoms with Gasteiger partial charge in [0.1, 0.15) is 23.2 Å². The molecule has 12 heteroatoms. The van der Waals surface area contributed by atoms with E-state index in [4.69, 9.17) is 9.47 Å². The molecule has 0 fully saturated rings. The van der Waals surface area contributed by atoms with Gasteiger partial charge in [-0.3, -0.25) is 4.79 Å². The van der Waals surface area contributed by atoms with Gasteiger partial charge in [0.25, 0.3) is 5.91 Å². The molecule has 0 unspecified atom stereocenters. The Morgan fingerprint density at radius 3 is 2.68 bits per heavy atom. The first-order chi connectivity index (χ1) is 16.1. The first-order valence-corrected chi connectivity index (χ1v) is 9.91. The van der Waals surface area contributed by atoms with Gasteiger partial charge in [-0.05, 0) is 30.7 Å². The molecule has 0 N–H and O–H groups in total. The molecule has 1 amide bonds. The molecule has 1 aliphatic heterocycles. The fourth-order valence-corrected chi connectivity index (χ4v) is 3.68. The quantitative estimate of drug-likeness (QED) is 0.523. The van der Waals surface area contributed by atoms with Gasteiger partial charge in [-0.25, -0.2) is 14.1 Å². The maximum atomic E-state index is 13.4. The molecule has 0 spiro atoms. The Morgan fingerprint density at radius 1 is 1.29 bits per heavy atom. The van der Waals surface area contributed by atoms with E-state index in [-0.39, 0.29) is 35.7 Å². The van der Waals surface area contributed by atoms with Gasteiger partial charge in [0.15, 0.2) is 18.2 Å². The van der Waals surface area contributed by atoms with Gasteiger partial charge in [-0.2, -0.15) is 23.5 Å². The lowest BCUT2D eigenvalue weighted by Gasteiger charge is -2.21. The lowest BCUT2D eigenvalue weighted by molar-refractivity contribution is -0.153. The first kappa shape index (κ1) is 23.0. The number of amides is 1. The van der Waals surface area contributed by atoms with Crippen LogP contribution in [0.1, 0.15) is 32.7 Å². The van der Waals surface area contributed by atoms with E-state index in [1.54, 1.807) is 13.1 Å². The van der Waals surface area contributed by atoms with E-state index in [2.05, 4.69) is 10.1 Å². The molecule has 3 aromatic rings. The van der Waals surface area contributed by atoms with Gasteiger partial charge in [-0.15, -0.1) is 0 Å². The molecule has 0 bridgehead atoms. The van der Waals surface area contributed by atoms with Gasteiger partial charge >= 0.3 is 6.18 Å². The molecule has 0 aliphatic carbocycles. The van der Waals surface area contributed by atoms with Crippen molar-refractivity contribution in [1.82, 2.24) is 19.7 Å². The molecule has 0 radical (unpaired) electrons. The highest BCUT2D eigenvalue weighted by molar-refractivity contribution is 6.00. The minimum Gasteiger partial charge on any atom is -0.494 e. The fourth-order valence-electron chi connectivity index (χ4n) is 3.68. The number of pyridine rings is 1. The standard InChI is InChI=1S/C22H17F4N5O3/c1-12-5-15(23)7-28-20(12)31-9-14-8-30(10-16(14)29-31)21(32)18-17(34-11-22(24,25)26)4-3-13(6-27)19(18)33-2/h3-5,7,9H,8,10-11H2,1-2H3. The largest absolute Gasteiger partial charge is 0.494 e. The van der Waals surface area contributed by atoms with Crippen LogP contribution in [-0.4, -0.2) is 45.5 Å². The molecule has 4 rings (SSSR count). The third kappa shape index (κ3) is 4.36. The van der Waals surface area contributed by atoms with Crippen molar-refractivity contribution in [3.05, 3.63) is 64.4 Å². The minimum atomic E-state index is -4.62. The summed E-state index contributed by atoms with van der Waals surface area (Å²) in [5.74, 6) is -1.24. The maximum Gasteiger partial charge on any atom is 0.422 e. The van der Waals surface area contributed by atoms with E-state index >= 15 is 0 Å². The van der Waals surface area contributed by atoms with E-state index in [9.17, 15) is 27.6 Å². The Morgan fingerprint density at radius 2 is 2.06 bits per heavy atom. The molecule has 0 saturated heterocycles. The second-order valence-corrected chi connectivity index (χ2v) is 7.54. The second-order valence-electron chi connectivity index (χ2n) is 7.54. The molecule has 1 aromatic carbocycles. The van der Waals surface area contributed by atoms with Crippen molar-refractivity contribution >= 4 is 5.91 Å². The number of carbonyl (C=O) groups is 1. The number of ether oxygens (including phenoxy) is 2. The fraction of sp³-hybridized carbons (Fsp3) is 0.273. The number of nitrogens with zero attached hydrogens (tertiary/aromatic N) is 5. The van der Waals surface area contributed by atoms with Crippen molar-refractivity contribution in [2.75, 3.05) is 13.7 Å². The number of carbonyl (C=O) groups excluding carboxylic acids is 1. The number of rotatable bonds is 5. The van der Waals surface area contributed by atoms with Crippen molar-refractivity contribution in [2.24, 2.45) is 0 Å². The number of hydrogen-bond acceptors (Lipinski definition) is 6. The summed E-state index contributed by atoms with van der Waals surface area (Å²) < 4.78 is 63.1. The summed E-state index contributed by atoms with van der Waals surface area (Å²) in [6.45, 7) is 0.233. The Hall–Kier alpha value is -4.14. The topological polar surface area (TPSA) is 93.3 Å². The molecule has 8 nitrogen and oxygen atoms in total. The number of benzene rings is 1. The van der Waals surface area contributed by atoms with Crippen LogP contribution < -0.4 is 9.47 Å². The number of halogens is 4. The van der Waals surface area contributed by atoms with Crippen LogP contribution in [0.3, 0.4) is 0 Å². The molecule has 0 atom stereocenters. The molecular weight excluding hydrogens is 458 g/mol. The van der Waals surface area contributed by atoms with Crippen molar-refractivity contribution in [3.63, 3.8) is 0 Å². The van der Waals surface area contributed by atoms with E-state index in [0.717, 1.165) is 12.3 Å². The van der Waals surface area contributed by atoms with Crippen LogP contribution in [0.5, 0.6) is 11.5 Å². The Balaban J connectivity index is 1.63. The average Bonchev–Trinajstić information content (AvgIpc) is 3.35. The third-order valence-electron chi connectivity index (χ3n) is 5.15. The lowest BCUT2D eigenvalue weighted by Crippen LogP contribution is -2.28. The summed E-state index contributed by atoms with van der Waals surface area (Å²) in [5.41, 5.74) is 1.50. The Bertz CT molecular complexity index is 1290. The Labute approximate surface area is 190 Å². The van der Waals surface area contributed by atoms with Crippen LogP contribution in [0.25, 0.3) is 5.82 Å². The summed E-state index contributed by atoms with van der Waals surface area (Å²) in [5, 5.41) is 13.8. The van der Waals surface area contributed by atoms with Gasteiger partial charge in [0, 0.05) is 18.3 Å². The minimum absolute atomic E-state index is 0.0230. The molecule has 176 valence electrons. The van der Waals surface area contributed by atoms with Crippen LogP contribution in [-0.2, 0) is 13.1 Å². The van der Waals surface area contributed by atoms with Crippen LogP contribution in [0, 0.1) is 24.1 Å². The van der Waals surface area contributed by atoms with Crippen molar-refractivity contribution in [2.45, 2.75) is 26.2 Å². The maximum absolute atomic E-state index is 13.4. The molecule has 0 saturated carbocycles. The highest BCUT2D eigenvalue weighted by Crippen LogP contribution is 2.36. The molecule has 3 heterocycles. The van der Waals surface area contributed by atoms with Gasteiger partial charge < -0.3 is 14.4 Å². The normalized spacial score (nSPS) is 12.9. The Kier molecular flexibility index (Phi) is 5.87. The van der Waals surface area contributed by atoms with E-state index in [1.165, 1.54) is 28.8 Å². The van der Waals surface area contributed by atoms with E-state index < -0.39 is 24.5 Å². The molecule has 1 aliphatic rings. The van der Waals surface area contributed by atoms with Crippen molar-refractivity contribution in [1.29, 1.82) is 5.26 Å². The highest BCUT2D eigenvalue weighted by atomic mass is 19.4.